The highest BCUT2D eigenvalue weighted by atomic mass is 35.5. The van der Waals surface area contributed by atoms with Gasteiger partial charge in [0.25, 0.3) is 0 Å². The lowest BCUT2D eigenvalue weighted by Crippen LogP contribution is -2.33. The number of hydrogen-bond acceptors (Lipinski definition) is 11. The van der Waals surface area contributed by atoms with E-state index in [1.54, 1.807) is 33.1 Å². The van der Waals surface area contributed by atoms with Crippen LogP contribution >= 0.6 is 11.6 Å². The molecule has 3 N–H and O–H groups in total. The number of aromatic nitrogens is 4. The highest BCUT2D eigenvalue weighted by Crippen LogP contribution is 2.35. The Morgan fingerprint density at radius 2 is 1.66 bits per heavy atom. The summed E-state index contributed by atoms with van der Waals surface area (Å²) in [6.45, 7) is 10.2. The van der Waals surface area contributed by atoms with E-state index in [0.717, 1.165) is 34.4 Å². The van der Waals surface area contributed by atoms with E-state index >= 15 is 0 Å². The number of benzene rings is 3. The number of aliphatic imine (C=N–C) groups is 1. The Labute approximate surface area is 332 Å². The molecule has 0 spiro atoms. The van der Waals surface area contributed by atoms with Crippen LogP contribution in [-0.2, 0) is 19.6 Å². The molecule has 3 heterocycles. The topological polar surface area (TPSA) is 175 Å². The van der Waals surface area contributed by atoms with Crippen molar-refractivity contribution in [3.63, 3.8) is 0 Å². The van der Waals surface area contributed by atoms with Crippen molar-refractivity contribution in [2.45, 2.75) is 57.9 Å². The van der Waals surface area contributed by atoms with Crippen molar-refractivity contribution in [2.24, 2.45) is 4.99 Å². The number of aryl methyl sites for hydroxylation is 4. The Morgan fingerprint density at radius 1 is 0.911 bits per heavy atom. The van der Waals surface area contributed by atoms with E-state index in [4.69, 9.17) is 30.6 Å². The molecule has 0 unspecified atom stereocenters. The standard InChI is InChI=1S/C40H47ClN8O6S/c1-25-8-9-30(38-26(2)48-55-27(38)3)22-36(25)56(51,52)44-17-7-21-54-20-6-16-42-18-19-43-37(50)24-34-40-47-46-28(4)49(40)35-15-14-32(53-5)23-33(35)39(45-34)29-10-12-31(41)13-11-29/h8-15,22-23,34,42,44H,6-7,16-21,24H2,1-5H3,(H,43,50)/t34-/m0/s1. The number of fused-ring (bicyclic) bond motifs is 3. The largest absolute Gasteiger partial charge is 0.497 e. The maximum atomic E-state index is 13.2. The number of hydrogen-bond donors (Lipinski definition) is 3. The molecule has 0 bridgehead atoms. The molecule has 1 amide bonds. The zero-order valence-electron chi connectivity index (χ0n) is 32.2. The molecule has 0 radical (unpaired) electrons. The summed E-state index contributed by atoms with van der Waals surface area (Å²) >= 11 is 6.21. The van der Waals surface area contributed by atoms with E-state index in [-0.39, 0.29) is 23.8 Å². The average molecular weight is 803 g/mol. The van der Waals surface area contributed by atoms with Crippen LogP contribution in [0.25, 0.3) is 16.8 Å². The van der Waals surface area contributed by atoms with Gasteiger partial charge in [-0.1, -0.05) is 41.0 Å². The Hall–Kier alpha value is -4.93. The van der Waals surface area contributed by atoms with Gasteiger partial charge in [0, 0.05) is 54.6 Å². The van der Waals surface area contributed by atoms with Gasteiger partial charge >= 0.3 is 0 Å². The second-order valence-corrected chi connectivity index (χ2v) is 15.7. The molecule has 5 aromatic rings. The lowest BCUT2D eigenvalue weighted by Gasteiger charge is -2.14. The van der Waals surface area contributed by atoms with E-state index < -0.39 is 16.1 Å². The summed E-state index contributed by atoms with van der Waals surface area (Å²) < 4.78 is 47.4. The third-order valence-corrected chi connectivity index (χ3v) is 11.3. The van der Waals surface area contributed by atoms with Gasteiger partial charge in [-0.3, -0.25) is 14.4 Å². The number of carbonyl (C=O) groups is 1. The van der Waals surface area contributed by atoms with Crippen molar-refractivity contribution in [1.82, 2.24) is 35.3 Å². The van der Waals surface area contributed by atoms with Gasteiger partial charge in [0.05, 0.1) is 35.5 Å². The van der Waals surface area contributed by atoms with Gasteiger partial charge in [0.2, 0.25) is 15.9 Å². The molecular formula is C40H47ClN8O6S. The van der Waals surface area contributed by atoms with Crippen molar-refractivity contribution < 1.29 is 27.2 Å². The van der Waals surface area contributed by atoms with Gasteiger partial charge < -0.3 is 24.6 Å². The van der Waals surface area contributed by atoms with Crippen molar-refractivity contribution in [1.29, 1.82) is 0 Å². The maximum Gasteiger partial charge on any atom is 0.240 e. The van der Waals surface area contributed by atoms with E-state index in [9.17, 15) is 13.2 Å². The Bertz CT molecular complexity index is 2290. The number of halogens is 1. The van der Waals surface area contributed by atoms with Crippen molar-refractivity contribution in [3.05, 3.63) is 105 Å². The highest BCUT2D eigenvalue weighted by Gasteiger charge is 2.30. The summed E-state index contributed by atoms with van der Waals surface area (Å²) in [5.41, 5.74) is 6.15. The predicted molar refractivity (Wildman–Crippen MR) is 214 cm³/mol. The van der Waals surface area contributed by atoms with Gasteiger partial charge in [-0.25, -0.2) is 13.1 Å². The van der Waals surface area contributed by atoms with E-state index in [1.165, 1.54) is 0 Å². The molecule has 1 aliphatic heterocycles. The van der Waals surface area contributed by atoms with E-state index in [0.29, 0.717) is 84.4 Å². The zero-order chi connectivity index (χ0) is 39.8. The number of methoxy groups -OCH3 is 1. The van der Waals surface area contributed by atoms with Gasteiger partial charge in [-0.05, 0) is 94.6 Å². The van der Waals surface area contributed by atoms with Crippen LogP contribution in [0.4, 0.5) is 0 Å². The normalized spacial score (nSPS) is 13.8. The number of nitrogens with zero attached hydrogens (tertiary/aromatic N) is 5. The highest BCUT2D eigenvalue weighted by molar-refractivity contribution is 7.89. The number of carbonyl (C=O) groups excluding carboxylic acids is 1. The third kappa shape index (κ3) is 9.53. The summed E-state index contributed by atoms with van der Waals surface area (Å²) in [5.74, 6) is 2.42. The van der Waals surface area contributed by atoms with Gasteiger partial charge in [0.1, 0.15) is 23.4 Å². The summed E-state index contributed by atoms with van der Waals surface area (Å²) in [6, 6.07) is 18.0. The van der Waals surface area contributed by atoms with Gasteiger partial charge in [-0.2, -0.15) is 0 Å². The van der Waals surface area contributed by atoms with Crippen LogP contribution in [0.2, 0.25) is 5.02 Å². The fourth-order valence-electron chi connectivity index (χ4n) is 6.64. The minimum absolute atomic E-state index is 0.0821. The fourth-order valence-corrected chi connectivity index (χ4v) is 8.11. The summed E-state index contributed by atoms with van der Waals surface area (Å²) in [7, 11) is -2.10. The minimum atomic E-state index is -3.72. The molecule has 1 atom stereocenters. The minimum Gasteiger partial charge on any atom is -0.497 e. The monoisotopic (exact) mass is 802 g/mol. The summed E-state index contributed by atoms with van der Waals surface area (Å²) in [4.78, 5) is 18.6. The molecule has 14 nitrogen and oxygen atoms in total. The maximum absolute atomic E-state index is 13.2. The van der Waals surface area contributed by atoms with Crippen LogP contribution in [0.15, 0.2) is 75.1 Å². The SMILES string of the molecule is COc1ccc2c(c1)C(c1ccc(Cl)cc1)=N[C@@H](CC(=O)NCCNCCCOCCCNS(=O)(=O)c1cc(-c3c(C)noc3C)ccc1C)c1nnc(C)n1-2. The lowest BCUT2D eigenvalue weighted by molar-refractivity contribution is -0.121. The molecule has 0 saturated carbocycles. The molecule has 6 rings (SSSR count). The quantitative estimate of drug-likeness (QED) is 0.0949. The van der Waals surface area contributed by atoms with Crippen molar-refractivity contribution >= 4 is 33.2 Å². The Kier molecular flexibility index (Phi) is 13.3. The predicted octanol–water partition coefficient (Wildman–Crippen LogP) is 5.58. The van der Waals surface area contributed by atoms with Crippen LogP contribution in [0.3, 0.4) is 0 Å². The summed E-state index contributed by atoms with van der Waals surface area (Å²) in [5, 5.41) is 19.7. The first-order chi connectivity index (χ1) is 27.0. The number of sulfonamides is 1. The Morgan fingerprint density at radius 3 is 2.39 bits per heavy atom. The summed E-state index contributed by atoms with van der Waals surface area (Å²) in [6.07, 6.45) is 1.38. The molecule has 0 aliphatic carbocycles. The van der Waals surface area contributed by atoms with Crippen LogP contribution < -0.4 is 20.1 Å². The van der Waals surface area contributed by atoms with Crippen LogP contribution in [0.1, 0.15) is 65.1 Å². The lowest BCUT2D eigenvalue weighted by atomic mass is 10.00. The van der Waals surface area contributed by atoms with E-state index in [2.05, 4.69) is 30.7 Å². The zero-order valence-corrected chi connectivity index (χ0v) is 33.8. The molecule has 56 heavy (non-hydrogen) atoms. The molecule has 3 aromatic carbocycles. The fraction of sp³-hybridized carbons (Fsp3) is 0.375. The number of ether oxygens (including phenoxy) is 2. The molecule has 2 aromatic heterocycles. The second kappa shape index (κ2) is 18.3. The smallest absolute Gasteiger partial charge is 0.240 e. The first-order valence-corrected chi connectivity index (χ1v) is 20.4. The molecule has 16 heteroatoms. The third-order valence-electron chi connectivity index (χ3n) is 9.45. The molecule has 1 aliphatic rings. The van der Waals surface area contributed by atoms with Crippen LogP contribution in [0.5, 0.6) is 5.75 Å². The molecule has 0 saturated heterocycles. The van der Waals surface area contributed by atoms with Crippen molar-refractivity contribution in [3.8, 4) is 22.6 Å². The van der Waals surface area contributed by atoms with Gasteiger partial charge in [-0.15, -0.1) is 10.2 Å². The van der Waals surface area contributed by atoms with Crippen molar-refractivity contribution in [2.75, 3.05) is 46.5 Å². The number of amides is 1. The first-order valence-electron chi connectivity index (χ1n) is 18.5. The molecular weight excluding hydrogens is 756 g/mol. The number of rotatable bonds is 18. The van der Waals surface area contributed by atoms with Crippen LogP contribution in [0, 0.1) is 27.7 Å². The molecule has 296 valence electrons. The first kappa shape index (κ1) is 40.7. The Balaban J connectivity index is 0.921. The average Bonchev–Trinajstić information content (AvgIpc) is 3.69. The molecule has 0 fully saturated rings. The van der Waals surface area contributed by atoms with E-state index in [1.807, 2.05) is 66.9 Å². The van der Waals surface area contributed by atoms with Gasteiger partial charge in [0.15, 0.2) is 5.82 Å². The number of nitrogens with one attached hydrogen (secondary N) is 3. The van der Waals surface area contributed by atoms with Crippen LogP contribution in [-0.4, -0.2) is 86.5 Å². The second-order valence-electron chi connectivity index (χ2n) is 13.5.